The Morgan fingerprint density at radius 2 is 2.10 bits per heavy atom. The van der Waals surface area contributed by atoms with Crippen LogP contribution in [0.3, 0.4) is 0 Å². The van der Waals surface area contributed by atoms with E-state index in [-0.39, 0.29) is 18.4 Å². The van der Waals surface area contributed by atoms with Crippen LogP contribution in [0.25, 0.3) is 11.2 Å². The Balaban J connectivity index is 2.01. The number of hydrogen-bond donors (Lipinski definition) is 4. The lowest BCUT2D eigenvalue weighted by Crippen LogP contribution is -2.33. The smallest absolute Gasteiger partial charge is 0.224 e. The Morgan fingerprint density at radius 1 is 1.33 bits per heavy atom. The fourth-order valence-corrected chi connectivity index (χ4v) is 2.40. The number of nitrogen functional groups attached to an aromatic ring is 2. The van der Waals surface area contributed by atoms with E-state index in [1.807, 2.05) is 0 Å². The molecule has 0 saturated carbocycles. The lowest BCUT2D eigenvalue weighted by atomic mass is 10.1. The third-order valence-corrected chi connectivity index (χ3v) is 3.41. The van der Waals surface area contributed by atoms with Crippen LogP contribution in [-0.4, -0.2) is 61.8 Å². The summed E-state index contributed by atoms with van der Waals surface area (Å²) in [6.07, 6.45) is -2.34. The van der Waals surface area contributed by atoms with Crippen molar-refractivity contribution >= 4 is 22.9 Å². The van der Waals surface area contributed by atoms with Gasteiger partial charge >= 0.3 is 0 Å². The fourth-order valence-electron chi connectivity index (χ4n) is 2.40. The van der Waals surface area contributed by atoms with Crippen molar-refractivity contribution < 1.29 is 19.7 Å². The van der Waals surface area contributed by atoms with Crippen molar-refractivity contribution in [2.75, 3.05) is 25.2 Å². The molecule has 114 valence electrons. The van der Waals surface area contributed by atoms with Crippen molar-refractivity contribution in [1.82, 2.24) is 19.5 Å². The van der Waals surface area contributed by atoms with Gasteiger partial charge in [-0.2, -0.15) is 9.97 Å². The van der Waals surface area contributed by atoms with Crippen molar-refractivity contribution in [3.8, 4) is 0 Å². The average molecular weight is 296 g/mol. The van der Waals surface area contributed by atoms with Gasteiger partial charge in [0.25, 0.3) is 0 Å². The van der Waals surface area contributed by atoms with E-state index < -0.39 is 24.5 Å². The third-order valence-electron chi connectivity index (χ3n) is 3.41. The minimum Gasteiger partial charge on any atom is -0.387 e. The number of hydrogen-bond acceptors (Lipinski definition) is 9. The largest absolute Gasteiger partial charge is 0.387 e. The SMILES string of the molecule is COC[C@H]1OC(n2cnc3c(N)nc(N)nc32)C(O)C1O. The molecule has 4 atom stereocenters. The van der Waals surface area contributed by atoms with Gasteiger partial charge in [-0.15, -0.1) is 0 Å². The Bertz CT molecular complexity index is 661. The molecule has 6 N–H and O–H groups in total. The highest BCUT2D eigenvalue weighted by molar-refractivity contribution is 5.82. The first-order chi connectivity index (χ1) is 10.0. The maximum atomic E-state index is 10.1. The van der Waals surface area contributed by atoms with Gasteiger partial charge in [0.1, 0.15) is 23.8 Å². The summed E-state index contributed by atoms with van der Waals surface area (Å²) in [4.78, 5) is 12.0. The lowest BCUT2D eigenvalue weighted by Gasteiger charge is -2.16. The predicted octanol–water partition coefficient (Wildman–Crippen LogP) is -1.74. The maximum Gasteiger partial charge on any atom is 0.224 e. The molecule has 0 aromatic carbocycles. The van der Waals surface area contributed by atoms with Crippen molar-refractivity contribution in [2.45, 2.75) is 24.5 Å². The van der Waals surface area contributed by atoms with Gasteiger partial charge in [-0.3, -0.25) is 4.57 Å². The summed E-state index contributed by atoms with van der Waals surface area (Å²) in [7, 11) is 1.48. The molecule has 2 aromatic rings. The molecular weight excluding hydrogens is 280 g/mol. The zero-order valence-electron chi connectivity index (χ0n) is 11.2. The Hall–Kier alpha value is -2.01. The van der Waals surface area contributed by atoms with Crippen molar-refractivity contribution in [3.05, 3.63) is 6.33 Å². The molecule has 1 saturated heterocycles. The summed E-state index contributed by atoms with van der Waals surface area (Å²) in [5.41, 5.74) is 12.0. The van der Waals surface area contributed by atoms with Crippen LogP contribution < -0.4 is 11.5 Å². The fraction of sp³-hybridized carbons (Fsp3) is 0.545. The first-order valence-corrected chi connectivity index (χ1v) is 6.29. The second-order valence-corrected chi connectivity index (χ2v) is 4.79. The number of imidazole rings is 1. The average Bonchev–Trinajstić information content (AvgIpc) is 2.96. The molecule has 3 heterocycles. The van der Waals surface area contributed by atoms with Crippen LogP contribution in [0.15, 0.2) is 6.33 Å². The van der Waals surface area contributed by atoms with E-state index >= 15 is 0 Å². The van der Waals surface area contributed by atoms with E-state index in [0.717, 1.165) is 0 Å². The van der Waals surface area contributed by atoms with Crippen molar-refractivity contribution in [3.63, 3.8) is 0 Å². The molecule has 10 heteroatoms. The predicted molar refractivity (Wildman–Crippen MR) is 71.9 cm³/mol. The molecule has 21 heavy (non-hydrogen) atoms. The standard InChI is InChI=1S/C11H16N6O4/c1-20-2-4-6(18)7(19)10(21-4)17-3-14-5-8(12)15-11(13)16-9(5)17/h3-4,6-7,10,18-19H,2H2,1H3,(H4,12,13,15,16)/t4-,6?,7?,10?/m1/s1. The Morgan fingerprint density at radius 3 is 2.81 bits per heavy atom. The first kappa shape index (κ1) is 13.9. The molecule has 3 unspecified atom stereocenters. The summed E-state index contributed by atoms with van der Waals surface area (Å²) in [6.45, 7) is 0.153. The van der Waals surface area contributed by atoms with Gasteiger partial charge in [0.2, 0.25) is 5.95 Å². The highest BCUT2D eigenvalue weighted by Crippen LogP contribution is 2.32. The second-order valence-electron chi connectivity index (χ2n) is 4.79. The number of methoxy groups -OCH3 is 1. The van der Waals surface area contributed by atoms with Crippen LogP contribution >= 0.6 is 0 Å². The molecule has 0 aliphatic carbocycles. The van der Waals surface area contributed by atoms with Crippen LogP contribution in [0.1, 0.15) is 6.23 Å². The molecule has 3 rings (SSSR count). The maximum absolute atomic E-state index is 10.1. The number of ether oxygens (including phenoxy) is 2. The molecule has 0 amide bonds. The van der Waals surface area contributed by atoms with Gasteiger partial charge in [0.15, 0.2) is 17.7 Å². The van der Waals surface area contributed by atoms with E-state index in [2.05, 4.69) is 15.0 Å². The number of anilines is 2. The number of aromatic nitrogens is 4. The first-order valence-electron chi connectivity index (χ1n) is 6.29. The lowest BCUT2D eigenvalue weighted by molar-refractivity contribution is -0.0580. The molecule has 1 aliphatic heterocycles. The van der Waals surface area contributed by atoms with Crippen molar-refractivity contribution in [1.29, 1.82) is 0 Å². The van der Waals surface area contributed by atoms with Crippen LogP contribution in [0.2, 0.25) is 0 Å². The van der Waals surface area contributed by atoms with E-state index in [1.165, 1.54) is 18.0 Å². The molecule has 0 radical (unpaired) electrons. The quantitative estimate of drug-likeness (QED) is 0.516. The monoisotopic (exact) mass is 296 g/mol. The minimum absolute atomic E-state index is 0.0109. The normalized spacial score (nSPS) is 29.3. The van der Waals surface area contributed by atoms with Gasteiger partial charge in [0.05, 0.1) is 12.9 Å². The number of nitrogens with two attached hydrogens (primary N) is 2. The molecule has 1 fully saturated rings. The van der Waals surface area contributed by atoms with Crippen LogP contribution in [0.4, 0.5) is 11.8 Å². The Labute approximate surface area is 119 Å². The summed E-state index contributed by atoms with van der Waals surface area (Å²) < 4.78 is 12.0. The molecule has 10 nitrogen and oxygen atoms in total. The number of aliphatic hydroxyl groups excluding tert-OH is 2. The number of aliphatic hydroxyl groups is 2. The van der Waals surface area contributed by atoms with Gasteiger partial charge in [-0.25, -0.2) is 4.98 Å². The van der Waals surface area contributed by atoms with E-state index in [4.69, 9.17) is 20.9 Å². The summed E-state index contributed by atoms with van der Waals surface area (Å²) >= 11 is 0. The van der Waals surface area contributed by atoms with Crippen LogP contribution in [-0.2, 0) is 9.47 Å². The van der Waals surface area contributed by atoms with E-state index in [0.29, 0.717) is 11.2 Å². The van der Waals surface area contributed by atoms with E-state index in [1.54, 1.807) is 0 Å². The summed E-state index contributed by atoms with van der Waals surface area (Å²) in [5.74, 6) is 0.126. The summed E-state index contributed by atoms with van der Waals surface area (Å²) in [5, 5.41) is 20.1. The Kier molecular flexibility index (Phi) is 3.37. The highest BCUT2D eigenvalue weighted by atomic mass is 16.6. The van der Waals surface area contributed by atoms with Gasteiger partial charge in [-0.05, 0) is 0 Å². The highest BCUT2D eigenvalue weighted by Gasteiger charge is 2.44. The zero-order valence-corrected chi connectivity index (χ0v) is 11.2. The third kappa shape index (κ3) is 2.17. The second kappa shape index (κ2) is 5.07. The minimum atomic E-state index is -1.15. The van der Waals surface area contributed by atoms with Crippen molar-refractivity contribution in [2.24, 2.45) is 0 Å². The number of fused-ring (bicyclic) bond motifs is 1. The van der Waals surface area contributed by atoms with Crippen LogP contribution in [0.5, 0.6) is 0 Å². The molecule has 0 spiro atoms. The number of rotatable bonds is 3. The van der Waals surface area contributed by atoms with E-state index in [9.17, 15) is 10.2 Å². The molecular formula is C11H16N6O4. The molecule has 0 bridgehead atoms. The van der Waals surface area contributed by atoms with Gasteiger partial charge < -0.3 is 31.2 Å². The number of nitrogens with zero attached hydrogens (tertiary/aromatic N) is 4. The topological polar surface area (TPSA) is 155 Å². The van der Waals surface area contributed by atoms with Crippen LogP contribution in [0, 0.1) is 0 Å². The molecule has 2 aromatic heterocycles. The zero-order chi connectivity index (χ0) is 15.1. The van der Waals surface area contributed by atoms with Gasteiger partial charge in [-0.1, -0.05) is 0 Å². The summed E-state index contributed by atoms with van der Waals surface area (Å²) in [6, 6.07) is 0. The van der Waals surface area contributed by atoms with Gasteiger partial charge in [0, 0.05) is 7.11 Å². The molecule has 1 aliphatic rings.